The van der Waals surface area contributed by atoms with Crippen LogP contribution in [-0.4, -0.2) is 38.0 Å². The second-order valence-corrected chi connectivity index (χ2v) is 8.73. The van der Waals surface area contributed by atoms with Gasteiger partial charge in [-0.2, -0.15) is 0 Å². The summed E-state index contributed by atoms with van der Waals surface area (Å²) in [5, 5.41) is 15.7. The fourth-order valence-electron chi connectivity index (χ4n) is 3.03. The molecule has 0 atom stereocenters. The Morgan fingerprint density at radius 2 is 2.03 bits per heavy atom. The standard InChI is InChI=1S/C21H27N5OS2/c1-4-26-20(17-10-6-5-9-15(17)2)24-25-21(26)29-14-18(27)22-12-8-7-11-19-23-16(3)13-28-19/h5-6,9-10,13H,4,7-8,11-12,14H2,1-3H3,(H,22,27). The van der Waals surface area contributed by atoms with E-state index in [0.717, 1.165) is 53.6 Å². The molecule has 0 aliphatic heterocycles. The summed E-state index contributed by atoms with van der Waals surface area (Å²) in [6, 6.07) is 8.15. The van der Waals surface area contributed by atoms with E-state index in [9.17, 15) is 4.79 Å². The van der Waals surface area contributed by atoms with Gasteiger partial charge in [0.05, 0.1) is 10.8 Å². The number of amides is 1. The largest absolute Gasteiger partial charge is 0.355 e. The fourth-order valence-corrected chi connectivity index (χ4v) is 4.68. The van der Waals surface area contributed by atoms with Crippen molar-refractivity contribution >= 4 is 29.0 Å². The maximum absolute atomic E-state index is 12.2. The van der Waals surface area contributed by atoms with E-state index in [-0.39, 0.29) is 5.91 Å². The first-order chi connectivity index (χ1) is 14.1. The van der Waals surface area contributed by atoms with Crippen molar-refractivity contribution in [3.05, 3.63) is 45.9 Å². The van der Waals surface area contributed by atoms with Crippen LogP contribution in [0.4, 0.5) is 0 Å². The lowest BCUT2D eigenvalue weighted by atomic mass is 10.1. The molecule has 1 N–H and O–H groups in total. The first-order valence-electron chi connectivity index (χ1n) is 9.88. The lowest BCUT2D eigenvalue weighted by Gasteiger charge is -2.09. The van der Waals surface area contributed by atoms with Gasteiger partial charge in [0.1, 0.15) is 0 Å². The minimum absolute atomic E-state index is 0.0307. The molecule has 0 radical (unpaired) electrons. The normalized spacial score (nSPS) is 11.0. The van der Waals surface area contributed by atoms with Crippen LogP contribution in [0, 0.1) is 13.8 Å². The van der Waals surface area contributed by atoms with Gasteiger partial charge in [0.25, 0.3) is 0 Å². The maximum Gasteiger partial charge on any atom is 0.230 e. The molecule has 3 rings (SSSR count). The summed E-state index contributed by atoms with van der Waals surface area (Å²) in [5.41, 5.74) is 3.33. The van der Waals surface area contributed by atoms with Gasteiger partial charge in [-0.15, -0.1) is 21.5 Å². The van der Waals surface area contributed by atoms with Gasteiger partial charge in [-0.05, 0) is 45.6 Å². The van der Waals surface area contributed by atoms with Crippen molar-refractivity contribution < 1.29 is 4.79 Å². The molecule has 3 aromatic rings. The van der Waals surface area contributed by atoms with Crippen LogP contribution in [0.15, 0.2) is 34.8 Å². The molecule has 0 saturated heterocycles. The van der Waals surface area contributed by atoms with Crippen LogP contribution in [0.5, 0.6) is 0 Å². The SMILES string of the molecule is CCn1c(SCC(=O)NCCCCc2nc(C)cs2)nnc1-c1ccccc1C. The third-order valence-electron chi connectivity index (χ3n) is 4.56. The molecular weight excluding hydrogens is 402 g/mol. The van der Waals surface area contributed by atoms with Crippen LogP contribution in [0.1, 0.15) is 36.0 Å². The first-order valence-corrected chi connectivity index (χ1v) is 11.7. The molecule has 6 nitrogen and oxygen atoms in total. The summed E-state index contributed by atoms with van der Waals surface area (Å²) >= 11 is 3.14. The summed E-state index contributed by atoms with van der Waals surface area (Å²) in [5.74, 6) is 1.23. The minimum atomic E-state index is 0.0307. The lowest BCUT2D eigenvalue weighted by Crippen LogP contribution is -2.26. The molecule has 1 amide bonds. The number of benzene rings is 1. The van der Waals surface area contributed by atoms with E-state index in [1.807, 2.05) is 19.1 Å². The zero-order chi connectivity index (χ0) is 20.6. The quantitative estimate of drug-likeness (QED) is 0.385. The molecule has 2 aromatic heterocycles. The summed E-state index contributed by atoms with van der Waals surface area (Å²) in [7, 11) is 0. The van der Waals surface area contributed by atoms with Crippen LogP contribution in [0.2, 0.25) is 0 Å². The second kappa shape index (κ2) is 10.5. The Balaban J connectivity index is 1.45. The molecule has 1 aromatic carbocycles. The molecule has 0 spiro atoms. The Kier molecular flexibility index (Phi) is 7.83. The van der Waals surface area contributed by atoms with Crippen LogP contribution in [0.3, 0.4) is 0 Å². The number of carbonyl (C=O) groups is 1. The van der Waals surface area contributed by atoms with E-state index >= 15 is 0 Å². The predicted molar refractivity (Wildman–Crippen MR) is 119 cm³/mol. The smallest absolute Gasteiger partial charge is 0.230 e. The van der Waals surface area contributed by atoms with Gasteiger partial charge in [-0.1, -0.05) is 36.0 Å². The number of nitrogens with one attached hydrogen (secondary N) is 1. The number of aryl methyl sites for hydroxylation is 3. The second-order valence-electron chi connectivity index (χ2n) is 6.84. The van der Waals surface area contributed by atoms with Crippen molar-refractivity contribution in [3.8, 4) is 11.4 Å². The van der Waals surface area contributed by atoms with E-state index in [1.54, 1.807) is 11.3 Å². The van der Waals surface area contributed by atoms with Crippen molar-refractivity contribution in [2.45, 2.75) is 51.7 Å². The third-order valence-corrected chi connectivity index (χ3v) is 6.55. The van der Waals surface area contributed by atoms with Gasteiger partial charge in [0.15, 0.2) is 11.0 Å². The van der Waals surface area contributed by atoms with Gasteiger partial charge in [-0.3, -0.25) is 4.79 Å². The predicted octanol–water partition coefficient (Wildman–Crippen LogP) is 4.27. The summed E-state index contributed by atoms with van der Waals surface area (Å²) in [6.45, 7) is 7.61. The lowest BCUT2D eigenvalue weighted by molar-refractivity contribution is -0.118. The zero-order valence-corrected chi connectivity index (χ0v) is 18.8. The highest BCUT2D eigenvalue weighted by atomic mass is 32.2. The number of nitrogens with zero attached hydrogens (tertiary/aromatic N) is 4. The van der Waals surface area contributed by atoms with Crippen molar-refractivity contribution in [2.75, 3.05) is 12.3 Å². The van der Waals surface area contributed by atoms with Gasteiger partial charge >= 0.3 is 0 Å². The maximum atomic E-state index is 12.2. The average molecular weight is 430 g/mol. The van der Waals surface area contributed by atoms with Crippen molar-refractivity contribution in [3.63, 3.8) is 0 Å². The van der Waals surface area contributed by atoms with E-state index in [0.29, 0.717) is 12.3 Å². The van der Waals surface area contributed by atoms with Gasteiger partial charge in [0.2, 0.25) is 5.91 Å². The number of hydrogen-bond acceptors (Lipinski definition) is 6. The highest BCUT2D eigenvalue weighted by Gasteiger charge is 2.15. The summed E-state index contributed by atoms with van der Waals surface area (Å²) in [6.07, 6.45) is 2.96. The molecule has 0 aliphatic rings. The highest BCUT2D eigenvalue weighted by molar-refractivity contribution is 7.99. The third kappa shape index (κ3) is 5.90. The van der Waals surface area contributed by atoms with E-state index in [1.165, 1.54) is 16.8 Å². The van der Waals surface area contributed by atoms with Crippen molar-refractivity contribution in [2.24, 2.45) is 0 Å². The van der Waals surface area contributed by atoms with Crippen LogP contribution < -0.4 is 5.32 Å². The Morgan fingerprint density at radius 3 is 2.76 bits per heavy atom. The number of aromatic nitrogens is 4. The molecule has 0 bridgehead atoms. The highest BCUT2D eigenvalue weighted by Crippen LogP contribution is 2.26. The Morgan fingerprint density at radius 1 is 1.21 bits per heavy atom. The van der Waals surface area contributed by atoms with Crippen LogP contribution in [0.25, 0.3) is 11.4 Å². The Bertz CT molecular complexity index is 950. The van der Waals surface area contributed by atoms with E-state index in [4.69, 9.17) is 0 Å². The number of unbranched alkanes of at least 4 members (excludes halogenated alkanes) is 1. The number of thioether (sulfide) groups is 1. The summed E-state index contributed by atoms with van der Waals surface area (Å²) in [4.78, 5) is 16.6. The molecule has 154 valence electrons. The van der Waals surface area contributed by atoms with Crippen molar-refractivity contribution in [1.29, 1.82) is 0 Å². The van der Waals surface area contributed by atoms with Crippen molar-refractivity contribution in [1.82, 2.24) is 25.1 Å². The fraction of sp³-hybridized carbons (Fsp3) is 0.429. The monoisotopic (exact) mass is 429 g/mol. The molecule has 0 saturated carbocycles. The molecule has 0 aliphatic carbocycles. The molecule has 0 unspecified atom stereocenters. The molecular formula is C21H27N5OS2. The Labute approximate surface area is 180 Å². The van der Waals surface area contributed by atoms with Crippen LogP contribution in [-0.2, 0) is 17.8 Å². The molecule has 2 heterocycles. The van der Waals surface area contributed by atoms with E-state index < -0.39 is 0 Å². The van der Waals surface area contributed by atoms with Crippen LogP contribution >= 0.6 is 23.1 Å². The number of thiazole rings is 1. The number of rotatable bonds is 10. The number of hydrogen-bond donors (Lipinski definition) is 1. The van der Waals surface area contributed by atoms with Gasteiger partial charge < -0.3 is 9.88 Å². The molecule has 8 heteroatoms. The number of carbonyl (C=O) groups excluding carboxylic acids is 1. The topological polar surface area (TPSA) is 72.7 Å². The first kappa shape index (κ1) is 21.5. The summed E-state index contributed by atoms with van der Waals surface area (Å²) < 4.78 is 2.07. The molecule has 29 heavy (non-hydrogen) atoms. The zero-order valence-electron chi connectivity index (χ0n) is 17.1. The minimum Gasteiger partial charge on any atom is -0.355 e. The Hall–Kier alpha value is -2.19. The average Bonchev–Trinajstić information content (AvgIpc) is 3.32. The van der Waals surface area contributed by atoms with Gasteiger partial charge in [-0.25, -0.2) is 4.98 Å². The van der Waals surface area contributed by atoms with Gasteiger partial charge in [0, 0.05) is 29.7 Å². The molecule has 0 fully saturated rings. The van der Waals surface area contributed by atoms with E-state index in [2.05, 4.69) is 56.4 Å².